The van der Waals surface area contributed by atoms with Crippen LogP contribution in [-0.2, 0) is 0 Å². The number of carbonyl (C=O) groups is 1. The molecule has 0 saturated carbocycles. The van der Waals surface area contributed by atoms with E-state index in [0.29, 0.717) is 28.8 Å². The molecule has 2 aromatic rings. The quantitative estimate of drug-likeness (QED) is 0.737. The number of nitrogens with zero attached hydrogens (tertiary/aromatic N) is 2. The molecule has 1 heterocycles. The lowest BCUT2D eigenvalue weighted by atomic mass is 10.2. The number of rotatable bonds is 2. The number of ether oxygens (including phenoxy) is 1. The van der Waals surface area contributed by atoms with Crippen molar-refractivity contribution in [3.63, 3.8) is 0 Å². The molecule has 1 aromatic heterocycles. The normalized spacial score (nSPS) is 10.2. The smallest absolute Gasteiger partial charge is 0.195 e. The number of benzene rings is 1. The summed E-state index contributed by atoms with van der Waals surface area (Å²) in [7, 11) is 1.56. The van der Waals surface area contributed by atoms with Gasteiger partial charge in [0.1, 0.15) is 11.6 Å². The molecule has 0 radical (unpaired) electrons. The predicted octanol–water partition coefficient (Wildman–Crippen LogP) is 1.03. The molecule has 0 fully saturated rings. The summed E-state index contributed by atoms with van der Waals surface area (Å²) < 4.78 is 5.05. The van der Waals surface area contributed by atoms with E-state index in [1.807, 2.05) is 0 Å². The maximum absolute atomic E-state index is 10.5. The molecule has 15 heavy (non-hydrogen) atoms. The van der Waals surface area contributed by atoms with Gasteiger partial charge in [0.2, 0.25) is 0 Å². The molecule has 1 aromatic carbocycles. The van der Waals surface area contributed by atoms with Gasteiger partial charge >= 0.3 is 0 Å². The fraction of sp³-hybridized carbons (Fsp3) is 0.100. The van der Waals surface area contributed by atoms with Crippen molar-refractivity contribution in [3.8, 4) is 5.75 Å². The van der Waals surface area contributed by atoms with E-state index in [0.717, 1.165) is 0 Å². The zero-order chi connectivity index (χ0) is 10.8. The molecule has 0 amide bonds. The van der Waals surface area contributed by atoms with Crippen LogP contribution < -0.4 is 10.5 Å². The third-order valence-corrected chi connectivity index (χ3v) is 2.06. The average Bonchev–Trinajstić information content (AvgIpc) is 2.28. The number of nitrogens with two attached hydrogens (primary N) is 1. The van der Waals surface area contributed by atoms with E-state index in [-0.39, 0.29) is 5.82 Å². The topological polar surface area (TPSA) is 78.1 Å². The Kier molecular flexibility index (Phi) is 2.21. The molecule has 2 N–H and O–H groups in total. The minimum atomic E-state index is 0.0771. The van der Waals surface area contributed by atoms with Crippen LogP contribution in [0.5, 0.6) is 5.75 Å². The van der Waals surface area contributed by atoms with Crippen LogP contribution in [0.2, 0.25) is 0 Å². The molecule has 0 saturated heterocycles. The molecule has 0 atom stereocenters. The highest BCUT2D eigenvalue weighted by molar-refractivity contribution is 5.90. The van der Waals surface area contributed by atoms with Gasteiger partial charge in [-0.1, -0.05) is 0 Å². The van der Waals surface area contributed by atoms with Crippen LogP contribution in [0.15, 0.2) is 18.2 Å². The molecule has 5 nitrogen and oxygen atoms in total. The van der Waals surface area contributed by atoms with E-state index < -0.39 is 0 Å². The molecule has 5 heteroatoms. The van der Waals surface area contributed by atoms with Gasteiger partial charge in [-0.05, 0) is 12.1 Å². The minimum Gasteiger partial charge on any atom is -0.497 e. The van der Waals surface area contributed by atoms with E-state index in [9.17, 15) is 4.79 Å². The Balaban J connectivity index is 2.74. The Hall–Kier alpha value is -2.17. The Labute approximate surface area is 85.9 Å². The van der Waals surface area contributed by atoms with Gasteiger partial charge in [-0.25, -0.2) is 9.97 Å². The van der Waals surface area contributed by atoms with Gasteiger partial charge < -0.3 is 10.5 Å². The van der Waals surface area contributed by atoms with E-state index in [1.54, 1.807) is 25.3 Å². The maximum atomic E-state index is 10.5. The minimum absolute atomic E-state index is 0.0771. The zero-order valence-corrected chi connectivity index (χ0v) is 8.10. The van der Waals surface area contributed by atoms with E-state index >= 15 is 0 Å². The Morgan fingerprint density at radius 1 is 1.40 bits per heavy atom. The van der Waals surface area contributed by atoms with Crippen LogP contribution in [0.1, 0.15) is 10.6 Å². The van der Waals surface area contributed by atoms with Crippen molar-refractivity contribution < 1.29 is 9.53 Å². The first-order valence-electron chi connectivity index (χ1n) is 4.31. The summed E-state index contributed by atoms with van der Waals surface area (Å²) in [6.07, 6.45) is 0.565. The first-order valence-corrected chi connectivity index (χ1v) is 4.31. The summed E-state index contributed by atoms with van der Waals surface area (Å²) in [4.78, 5) is 18.4. The van der Waals surface area contributed by atoms with Crippen molar-refractivity contribution in [2.45, 2.75) is 0 Å². The monoisotopic (exact) mass is 203 g/mol. The molecule has 76 valence electrons. The fourth-order valence-corrected chi connectivity index (χ4v) is 1.33. The number of nitrogen functional groups attached to an aromatic ring is 1. The molecule has 0 aliphatic heterocycles. The Morgan fingerprint density at radius 2 is 2.20 bits per heavy atom. The van der Waals surface area contributed by atoms with Crippen LogP contribution >= 0.6 is 0 Å². The van der Waals surface area contributed by atoms with E-state index in [2.05, 4.69) is 9.97 Å². The third kappa shape index (κ3) is 1.59. The number of aldehydes is 1. The zero-order valence-electron chi connectivity index (χ0n) is 8.10. The maximum Gasteiger partial charge on any atom is 0.195 e. The van der Waals surface area contributed by atoms with Gasteiger partial charge in [0.05, 0.1) is 12.6 Å². The highest BCUT2D eigenvalue weighted by Crippen LogP contribution is 2.22. The first kappa shape index (κ1) is 9.39. The largest absolute Gasteiger partial charge is 0.497 e. The molecule has 0 unspecified atom stereocenters. The second-order valence-electron chi connectivity index (χ2n) is 2.97. The second kappa shape index (κ2) is 3.53. The third-order valence-electron chi connectivity index (χ3n) is 2.06. The number of methoxy groups -OCH3 is 1. The Morgan fingerprint density at radius 3 is 2.87 bits per heavy atom. The summed E-state index contributed by atoms with van der Waals surface area (Å²) in [5.74, 6) is 1.04. The number of fused-ring (bicyclic) bond motifs is 1. The fourth-order valence-electron chi connectivity index (χ4n) is 1.33. The molecular weight excluding hydrogens is 194 g/mol. The van der Waals surface area contributed by atoms with Crippen molar-refractivity contribution in [1.82, 2.24) is 9.97 Å². The van der Waals surface area contributed by atoms with Crippen LogP contribution in [0.3, 0.4) is 0 Å². The average molecular weight is 203 g/mol. The summed E-state index contributed by atoms with van der Waals surface area (Å²) >= 11 is 0. The van der Waals surface area contributed by atoms with Crippen LogP contribution in [0.4, 0.5) is 5.82 Å². The number of hydrogen-bond acceptors (Lipinski definition) is 5. The first-order chi connectivity index (χ1) is 7.24. The van der Waals surface area contributed by atoms with E-state index in [4.69, 9.17) is 10.5 Å². The van der Waals surface area contributed by atoms with Crippen molar-refractivity contribution in [2.24, 2.45) is 0 Å². The summed E-state index contributed by atoms with van der Waals surface area (Å²) in [5, 5.41) is 0.710. The van der Waals surface area contributed by atoms with Gasteiger partial charge in [0.25, 0.3) is 0 Å². The standard InChI is InChI=1S/C10H9N3O2/c1-15-6-2-3-7-8(4-6)12-9(5-14)13-10(7)11/h2-5H,1H3,(H2,11,12,13). The number of carbonyl (C=O) groups excluding carboxylic acids is 1. The number of anilines is 1. The molecule has 0 aliphatic carbocycles. The molecule has 2 rings (SSSR count). The highest BCUT2D eigenvalue weighted by Gasteiger charge is 2.05. The van der Waals surface area contributed by atoms with Gasteiger partial charge in [-0.15, -0.1) is 0 Å². The summed E-state index contributed by atoms with van der Waals surface area (Å²) in [6, 6.07) is 5.24. The van der Waals surface area contributed by atoms with Gasteiger partial charge in [0, 0.05) is 11.5 Å². The van der Waals surface area contributed by atoms with Crippen molar-refractivity contribution in [1.29, 1.82) is 0 Å². The summed E-state index contributed by atoms with van der Waals surface area (Å²) in [6.45, 7) is 0. The highest BCUT2D eigenvalue weighted by atomic mass is 16.5. The van der Waals surface area contributed by atoms with Crippen molar-refractivity contribution >= 4 is 23.0 Å². The predicted molar refractivity (Wildman–Crippen MR) is 55.9 cm³/mol. The van der Waals surface area contributed by atoms with Gasteiger partial charge in [-0.3, -0.25) is 4.79 Å². The van der Waals surface area contributed by atoms with Gasteiger partial charge in [-0.2, -0.15) is 0 Å². The van der Waals surface area contributed by atoms with Gasteiger partial charge in [0.15, 0.2) is 12.1 Å². The van der Waals surface area contributed by atoms with Crippen molar-refractivity contribution in [3.05, 3.63) is 24.0 Å². The SMILES string of the molecule is COc1ccc2c(N)nc(C=O)nc2c1. The second-order valence-corrected chi connectivity index (χ2v) is 2.97. The van der Waals surface area contributed by atoms with Crippen LogP contribution in [0, 0.1) is 0 Å². The summed E-state index contributed by atoms with van der Waals surface area (Å²) in [5.41, 5.74) is 6.27. The molecule has 0 bridgehead atoms. The Bertz CT molecular complexity index is 525. The number of hydrogen-bond donors (Lipinski definition) is 1. The van der Waals surface area contributed by atoms with E-state index in [1.165, 1.54) is 0 Å². The number of aromatic nitrogens is 2. The molecule has 0 aliphatic rings. The lowest BCUT2D eigenvalue weighted by molar-refractivity contribution is 0.111. The lowest BCUT2D eigenvalue weighted by Crippen LogP contribution is -2.00. The van der Waals surface area contributed by atoms with Crippen LogP contribution in [0.25, 0.3) is 10.9 Å². The molecule has 0 spiro atoms. The molecular formula is C10H9N3O2. The van der Waals surface area contributed by atoms with Crippen molar-refractivity contribution in [2.75, 3.05) is 12.8 Å². The lowest BCUT2D eigenvalue weighted by Gasteiger charge is -2.04. The van der Waals surface area contributed by atoms with Crippen LogP contribution in [-0.4, -0.2) is 23.4 Å².